The summed E-state index contributed by atoms with van der Waals surface area (Å²) in [5, 5.41) is 2.49. The SMILES string of the molecule is O=C(Nc1cc(Br)c(F)cc1F)N1CCCCCC1. The zero-order valence-electron chi connectivity index (χ0n) is 10.4. The van der Waals surface area contributed by atoms with E-state index in [1.807, 2.05) is 0 Å². The van der Waals surface area contributed by atoms with Crippen LogP contribution in [0.15, 0.2) is 16.6 Å². The molecule has 1 aliphatic heterocycles. The predicted molar refractivity (Wildman–Crippen MR) is 73.1 cm³/mol. The zero-order chi connectivity index (χ0) is 13.8. The smallest absolute Gasteiger partial charge is 0.321 e. The van der Waals surface area contributed by atoms with Crippen LogP contribution in [-0.2, 0) is 0 Å². The maximum Gasteiger partial charge on any atom is 0.321 e. The second-order valence-corrected chi connectivity index (χ2v) is 5.43. The first kappa shape index (κ1) is 14.2. The van der Waals surface area contributed by atoms with Crippen LogP contribution in [0.4, 0.5) is 19.3 Å². The molecule has 0 bridgehead atoms. The van der Waals surface area contributed by atoms with Crippen molar-refractivity contribution in [2.24, 2.45) is 0 Å². The summed E-state index contributed by atoms with van der Waals surface area (Å²) in [4.78, 5) is 13.7. The maximum atomic E-state index is 13.5. The number of amides is 2. The number of nitrogens with zero attached hydrogens (tertiary/aromatic N) is 1. The Morgan fingerprint density at radius 3 is 2.37 bits per heavy atom. The fraction of sp³-hybridized carbons (Fsp3) is 0.462. The average Bonchev–Trinajstić information content (AvgIpc) is 2.64. The topological polar surface area (TPSA) is 32.3 Å². The second-order valence-electron chi connectivity index (χ2n) is 4.58. The van der Waals surface area contributed by atoms with Crippen molar-refractivity contribution in [1.82, 2.24) is 4.90 Å². The number of hydrogen-bond donors (Lipinski definition) is 1. The van der Waals surface area contributed by atoms with E-state index in [2.05, 4.69) is 21.2 Å². The summed E-state index contributed by atoms with van der Waals surface area (Å²) < 4.78 is 26.8. The van der Waals surface area contributed by atoms with Gasteiger partial charge in [-0.1, -0.05) is 12.8 Å². The Kier molecular flexibility index (Phi) is 4.74. The highest BCUT2D eigenvalue weighted by molar-refractivity contribution is 9.10. The molecule has 1 aromatic carbocycles. The average molecular weight is 333 g/mol. The number of hydrogen-bond acceptors (Lipinski definition) is 1. The van der Waals surface area contributed by atoms with E-state index < -0.39 is 11.6 Å². The minimum absolute atomic E-state index is 0.0116. The largest absolute Gasteiger partial charge is 0.325 e. The number of likely N-dealkylation sites (tertiary alicyclic amines) is 1. The van der Waals surface area contributed by atoms with Gasteiger partial charge >= 0.3 is 6.03 Å². The monoisotopic (exact) mass is 332 g/mol. The van der Waals surface area contributed by atoms with Gasteiger partial charge < -0.3 is 10.2 Å². The van der Waals surface area contributed by atoms with Gasteiger partial charge in [-0.25, -0.2) is 13.6 Å². The molecule has 3 nitrogen and oxygen atoms in total. The number of carbonyl (C=O) groups excluding carboxylic acids is 1. The van der Waals surface area contributed by atoms with Gasteiger partial charge in [0.15, 0.2) is 0 Å². The fourth-order valence-electron chi connectivity index (χ4n) is 2.09. The first-order chi connectivity index (χ1) is 9.08. The van der Waals surface area contributed by atoms with Crippen molar-refractivity contribution in [3.8, 4) is 0 Å². The molecule has 1 saturated heterocycles. The van der Waals surface area contributed by atoms with Crippen LogP contribution < -0.4 is 5.32 Å². The molecule has 0 saturated carbocycles. The number of urea groups is 1. The van der Waals surface area contributed by atoms with Crippen molar-refractivity contribution >= 4 is 27.6 Å². The third kappa shape index (κ3) is 3.65. The lowest BCUT2D eigenvalue weighted by Crippen LogP contribution is -2.35. The minimum Gasteiger partial charge on any atom is -0.325 e. The summed E-state index contributed by atoms with van der Waals surface area (Å²) >= 11 is 2.97. The number of halogens is 3. The summed E-state index contributed by atoms with van der Waals surface area (Å²) in [6.45, 7) is 1.35. The molecule has 1 fully saturated rings. The van der Waals surface area contributed by atoms with E-state index in [1.165, 1.54) is 6.07 Å². The van der Waals surface area contributed by atoms with Crippen LogP contribution in [0.5, 0.6) is 0 Å². The molecule has 1 N–H and O–H groups in total. The molecular weight excluding hydrogens is 318 g/mol. The summed E-state index contributed by atoms with van der Waals surface area (Å²) in [6.07, 6.45) is 4.15. The molecule has 1 heterocycles. The van der Waals surface area contributed by atoms with Crippen molar-refractivity contribution in [3.63, 3.8) is 0 Å². The van der Waals surface area contributed by atoms with E-state index in [-0.39, 0.29) is 16.2 Å². The van der Waals surface area contributed by atoms with Crippen LogP contribution in [-0.4, -0.2) is 24.0 Å². The quantitative estimate of drug-likeness (QED) is 0.770. The molecule has 0 unspecified atom stereocenters. The summed E-state index contributed by atoms with van der Waals surface area (Å²) in [5.41, 5.74) is -0.0116. The van der Waals surface area contributed by atoms with Crippen LogP contribution in [0, 0.1) is 11.6 Å². The van der Waals surface area contributed by atoms with Crippen molar-refractivity contribution in [1.29, 1.82) is 0 Å². The normalized spacial score (nSPS) is 16.1. The van der Waals surface area contributed by atoms with E-state index in [0.29, 0.717) is 13.1 Å². The van der Waals surface area contributed by atoms with Crippen molar-refractivity contribution < 1.29 is 13.6 Å². The first-order valence-electron chi connectivity index (χ1n) is 6.28. The van der Waals surface area contributed by atoms with Crippen molar-refractivity contribution in [2.45, 2.75) is 25.7 Å². The Morgan fingerprint density at radius 2 is 1.74 bits per heavy atom. The van der Waals surface area contributed by atoms with Crippen LogP contribution in [0.2, 0.25) is 0 Å². The highest BCUT2D eigenvalue weighted by Gasteiger charge is 2.17. The van der Waals surface area contributed by atoms with Crippen molar-refractivity contribution in [3.05, 3.63) is 28.2 Å². The molecule has 19 heavy (non-hydrogen) atoms. The van der Waals surface area contributed by atoms with Crippen molar-refractivity contribution in [2.75, 3.05) is 18.4 Å². The molecule has 0 atom stereocenters. The lowest BCUT2D eigenvalue weighted by atomic mass is 10.2. The molecule has 0 spiro atoms. The zero-order valence-corrected chi connectivity index (χ0v) is 12.0. The molecule has 0 aromatic heterocycles. The standard InChI is InChI=1S/C13H15BrF2N2O/c14-9-7-12(11(16)8-10(9)15)17-13(19)18-5-3-1-2-4-6-18/h7-8H,1-6H2,(H,17,19). The summed E-state index contributed by atoms with van der Waals surface area (Å²) in [7, 11) is 0. The molecule has 104 valence electrons. The highest BCUT2D eigenvalue weighted by atomic mass is 79.9. The van der Waals surface area contributed by atoms with Gasteiger partial charge in [-0.3, -0.25) is 0 Å². The number of nitrogens with one attached hydrogen (secondary N) is 1. The van der Waals surface area contributed by atoms with Gasteiger partial charge in [0.05, 0.1) is 10.2 Å². The van der Waals surface area contributed by atoms with Gasteiger partial charge in [0.25, 0.3) is 0 Å². The van der Waals surface area contributed by atoms with Gasteiger partial charge in [-0.15, -0.1) is 0 Å². The van der Waals surface area contributed by atoms with Gasteiger partial charge in [-0.2, -0.15) is 0 Å². The van der Waals surface area contributed by atoms with E-state index in [9.17, 15) is 13.6 Å². The van der Waals surface area contributed by atoms with E-state index in [1.54, 1.807) is 4.90 Å². The third-order valence-electron chi connectivity index (χ3n) is 3.14. The molecule has 1 aliphatic rings. The van der Waals surface area contributed by atoms with E-state index in [4.69, 9.17) is 0 Å². The molecule has 0 radical (unpaired) electrons. The number of anilines is 1. The first-order valence-corrected chi connectivity index (χ1v) is 7.07. The number of rotatable bonds is 1. The van der Waals surface area contributed by atoms with Gasteiger partial charge in [0, 0.05) is 19.2 Å². The Labute approximate surface area is 119 Å². The Balaban J connectivity index is 2.07. The number of benzene rings is 1. The molecule has 0 aliphatic carbocycles. The van der Waals surface area contributed by atoms with Crippen LogP contribution >= 0.6 is 15.9 Å². The van der Waals surface area contributed by atoms with Gasteiger partial charge in [-0.05, 0) is 34.8 Å². The van der Waals surface area contributed by atoms with Gasteiger partial charge in [0.2, 0.25) is 0 Å². The summed E-state index contributed by atoms with van der Waals surface area (Å²) in [5.74, 6) is -1.46. The van der Waals surface area contributed by atoms with E-state index >= 15 is 0 Å². The van der Waals surface area contributed by atoms with E-state index in [0.717, 1.165) is 31.7 Å². The predicted octanol–water partition coefficient (Wildman–Crippen LogP) is 4.14. The lowest BCUT2D eigenvalue weighted by molar-refractivity contribution is 0.213. The molecular formula is C13H15BrF2N2O. The third-order valence-corrected chi connectivity index (χ3v) is 3.75. The second kappa shape index (κ2) is 6.32. The Morgan fingerprint density at radius 1 is 1.11 bits per heavy atom. The maximum absolute atomic E-state index is 13.5. The Bertz CT molecular complexity index is 474. The molecule has 1 aromatic rings. The fourth-order valence-corrected chi connectivity index (χ4v) is 2.43. The molecule has 2 rings (SSSR count). The molecule has 6 heteroatoms. The highest BCUT2D eigenvalue weighted by Crippen LogP contribution is 2.24. The number of carbonyl (C=O) groups is 1. The van der Waals surface area contributed by atoms with Crippen LogP contribution in [0.3, 0.4) is 0 Å². The minimum atomic E-state index is -0.774. The lowest BCUT2D eigenvalue weighted by Gasteiger charge is -2.21. The Hall–Kier alpha value is -1.17. The summed E-state index contributed by atoms with van der Waals surface area (Å²) in [6, 6.07) is 1.65. The van der Waals surface area contributed by atoms with Crippen LogP contribution in [0.25, 0.3) is 0 Å². The van der Waals surface area contributed by atoms with Crippen LogP contribution in [0.1, 0.15) is 25.7 Å². The van der Waals surface area contributed by atoms with Gasteiger partial charge in [0.1, 0.15) is 11.6 Å². The molecule has 2 amide bonds.